The molecule has 0 atom stereocenters. The minimum atomic E-state index is -1.22. The van der Waals surface area contributed by atoms with E-state index in [4.69, 9.17) is 16.7 Å². The molecule has 0 unspecified atom stereocenters. The number of aliphatic carboxylic acids is 1. The molecule has 0 aliphatic carbocycles. The number of rotatable bonds is 5. The third kappa shape index (κ3) is 3.92. The van der Waals surface area contributed by atoms with E-state index in [0.717, 1.165) is 6.07 Å². The van der Waals surface area contributed by atoms with Gasteiger partial charge in [-0.05, 0) is 26.0 Å². The molecule has 0 spiro atoms. The first-order chi connectivity index (χ1) is 9.13. The Bertz CT molecular complexity index is 571. The number of anilines is 1. The zero-order chi connectivity index (χ0) is 15.5. The van der Waals surface area contributed by atoms with E-state index in [1.54, 1.807) is 0 Å². The highest BCUT2D eigenvalue weighted by Crippen LogP contribution is 2.28. The van der Waals surface area contributed by atoms with Gasteiger partial charge in [-0.15, -0.1) is 0 Å². The maximum Gasteiger partial charge on any atom is 0.309 e. The summed E-state index contributed by atoms with van der Waals surface area (Å²) in [6.45, 7) is 2.83. The minimum absolute atomic E-state index is 0.0427. The van der Waals surface area contributed by atoms with Crippen LogP contribution in [0.1, 0.15) is 20.3 Å². The van der Waals surface area contributed by atoms with Crippen molar-refractivity contribution < 1.29 is 19.6 Å². The van der Waals surface area contributed by atoms with Crippen LogP contribution in [0.5, 0.6) is 0 Å². The van der Waals surface area contributed by atoms with Crippen LogP contribution < -0.4 is 5.32 Å². The molecule has 108 valence electrons. The summed E-state index contributed by atoms with van der Waals surface area (Å²) in [4.78, 5) is 32.7. The molecule has 1 aromatic rings. The molecule has 0 radical (unpaired) electrons. The Labute approximate surface area is 119 Å². The molecule has 1 rings (SSSR count). The van der Waals surface area contributed by atoms with Crippen molar-refractivity contribution in [1.29, 1.82) is 0 Å². The van der Waals surface area contributed by atoms with Gasteiger partial charge in [-0.2, -0.15) is 0 Å². The predicted octanol–water partition coefficient (Wildman–Crippen LogP) is 2.69. The SMILES string of the molecule is CC(C)(CC(=O)Nc1ccc(Cl)c([N+](=O)[O-])c1)C(=O)O. The van der Waals surface area contributed by atoms with E-state index in [9.17, 15) is 19.7 Å². The summed E-state index contributed by atoms with van der Waals surface area (Å²) in [6, 6.07) is 3.81. The van der Waals surface area contributed by atoms with E-state index >= 15 is 0 Å². The van der Waals surface area contributed by atoms with E-state index in [2.05, 4.69) is 5.32 Å². The van der Waals surface area contributed by atoms with Crippen LogP contribution in [0.4, 0.5) is 11.4 Å². The lowest BCUT2D eigenvalue weighted by Crippen LogP contribution is -2.29. The average molecular weight is 301 g/mol. The fourth-order valence-corrected chi connectivity index (χ4v) is 1.60. The third-order valence-electron chi connectivity index (χ3n) is 2.61. The number of hydrogen-bond donors (Lipinski definition) is 2. The second-order valence-corrected chi connectivity index (χ2v) is 5.24. The number of carbonyl (C=O) groups excluding carboxylic acids is 1. The number of amides is 1. The lowest BCUT2D eigenvalue weighted by Gasteiger charge is -2.18. The Hall–Kier alpha value is -2.15. The maximum absolute atomic E-state index is 11.7. The lowest BCUT2D eigenvalue weighted by atomic mass is 9.89. The summed E-state index contributed by atoms with van der Waals surface area (Å²) in [7, 11) is 0. The van der Waals surface area contributed by atoms with E-state index < -0.39 is 22.2 Å². The van der Waals surface area contributed by atoms with Crippen molar-refractivity contribution in [3.8, 4) is 0 Å². The molecule has 0 aliphatic rings. The van der Waals surface area contributed by atoms with E-state index in [-0.39, 0.29) is 22.8 Å². The highest BCUT2D eigenvalue weighted by atomic mass is 35.5. The molecule has 0 saturated heterocycles. The van der Waals surface area contributed by atoms with E-state index in [1.165, 1.54) is 26.0 Å². The van der Waals surface area contributed by atoms with Crippen LogP contribution in [0.25, 0.3) is 0 Å². The second-order valence-electron chi connectivity index (χ2n) is 4.84. The first-order valence-corrected chi connectivity index (χ1v) is 5.98. The first kappa shape index (κ1) is 15.9. The summed E-state index contributed by atoms with van der Waals surface area (Å²) in [5.74, 6) is -1.65. The van der Waals surface area contributed by atoms with Gasteiger partial charge in [0.2, 0.25) is 5.91 Å². The summed E-state index contributed by atoms with van der Waals surface area (Å²) in [6.07, 6.45) is -0.251. The molecule has 0 fully saturated rings. The monoisotopic (exact) mass is 300 g/mol. The number of nitro groups is 1. The number of nitrogens with zero attached hydrogens (tertiary/aromatic N) is 1. The van der Waals surface area contributed by atoms with Crippen molar-refractivity contribution in [1.82, 2.24) is 0 Å². The van der Waals surface area contributed by atoms with Gasteiger partial charge in [0.05, 0.1) is 10.3 Å². The molecule has 20 heavy (non-hydrogen) atoms. The van der Waals surface area contributed by atoms with Crippen LogP contribution in [0.3, 0.4) is 0 Å². The first-order valence-electron chi connectivity index (χ1n) is 5.60. The van der Waals surface area contributed by atoms with Crippen molar-refractivity contribution in [3.05, 3.63) is 33.3 Å². The normalized spacial score (nSPS) is 10.9. The molecule has 0 saturated carbocycles. The maximum atomic E-state index is 11.7. The molecule has 0 bridgehead atoms. The van der Waals surface area contributed by atoms with Crippen molar-refractivity contribution in [3.63, 3.8) is 0 Å². The summed E-state index contributed by atoms with van der Waals surface area (Å²) >= 11 is 5.64. The molecule has 1 amide bonds. The number of halogens is 1. The Morgan fingerprint density at radius 3 is 2.55 bits per heavy atom. The minimum Gasteiger partial charge on any atom is -0.481 e. The van der Waals surface area contributed by atoms with Crippen molar-refractivity contribution in [2.45, 2.75) is 20.3 Å². The molecule has 0 aromatic heterocycles. The largest absolute Gasteiger partial charge is 0.481 e. The Morgan fingerprint density at radius 1 is 1.45 bits per heavy atom. The van der Waals surface area contributed by atoms with Gasteiger partial charge in [-0.25, -0.2) is 0 Å². The van der Waals surface area contributed by atoms with Gasteiger partial charge in [0.1, 0.15) is 5.02 Å². The van der Waals surface area contributed by atoms with Gasteiger partial charge in [0.25, 0.3) is 5.69 Å². The molecule has 1 aromatic carbocycles. The Balaban J connectivity index is 2.84. The van der Waals surface area contributed by atoms with Gasteiger partial charge < -0.3 is 10.4 Å². The van der Waals surface area contributed by atoms with E-state index in [1.807, 2.05) is 0 Å². The fourth-order valence-electron chi connectivity index (χ4n) is 1.41. The highest BCUT2D eigenvalue weighted by molar-refractivity contribution is 6.32. The fraction of sp³-hybridized carbons (Fsp3) is 0.333. The van der Waals surface area contributed by atoms with Crippen molar-refractivity contribution in [2.75, 3.05) is 5.32 Å². The molecule has 7 nitrogen and oxygen atoms in total. The van der Waals surface area contributed by atoms with Crippen molar-refractivity contribution in [2.24, 2.45) is 5.41 Å². The summed E-state index contributed by atoms with van der Waals surface area (Å²) in [5.41, 5.74) is -1.36. The van der Waals surface area contributed by atoms with Crippen LogP contribution in [0, 0.1) is 15.5 Å². The number of carboxylic acid groups (broad SMARTS) is 1. The van der Waals surface area contributed by atoms with Gasteiger partial charge in [0, 0.05) is 18.2 Å². The Morgan fingerprint density at radius 2 is 2.05 bits per heavy atom. The van der Waals surface area contributed by atoms with Crippen LogP contribution in [-0.2, 0) is 9.59 Å². The zero-order valence-electron chi connectivity index (χ0n) is 10.8. The number of nitro benzene ring substituents is 1. The van der Waals surface area contributed by atoms with E-state index in [0.29, 0.717) is 0 Å². The van der Waals surface area contributed by atoms with Gasteiger partial charge in [-0.3, -0.25) is 19.7 Å². The van der Waals surface area contributed by atoms with Gasteiger partial charge in [-0.1, -0.05) is 11.6 Å². The second kappa shape index (κ2) is 5.87. The quantitative estimate of drug-likeness (QED) is 0.641. The molecule has 0 aliphatic heterocycles. The van der Waals surface area contributed by atoms with Crippen LogP contribution >= 0.6 is 11.6 Å². The third-order valence-corrected chi connectivity index (χ3v) is 2.93. The van der Waals surface area contributed by atoms with Gasteiger partial charge >= 0.3 is 5.97 Å². The molecule has 8 heteroatoms. The molecular weight excluding hydrogens is 288 g/mol. The summed E-state index contributed by atoms with van der Waals surface area (Å²) in [5, 5.41) is 22.0. The highest BCUT2D eigenvalue weighted by Gasteiger charge is 2.30. The Kier molecular flexibility index (Phi) is 4.67. The number of carboxylic acids is 1. The zero-order valence-corrected chi connectivity index (χ0v) is 11.6. The lowest BCUT2D eigenvalue weighted by molar-refractivity contribution is -0.384. The smallest absolute Gasteiger partial charge is 0.309 e. The molecular formula is C12H13ClN2O5. The van der Waals surface area contributed by atoms with Gasteiger partial charge in [0.15, 0.2) is 0 Å². The number of hydrogen-bond acceptors (Lipinski definition) is 4. The molecule has 2 N–H and O–H groups in total. The van der Waals surface area contributed by atoms with Crippen LogP contribution in [0.15, 0.2) is 18.2 Å². The molecule has 0 heterocycles. The van der Waals surface area contributed by atoms with Crippen LogP contribution in [-0.4, -0.2) is 21.9 Å². The number of benzene rings is 1. The predicted molar refractivity (Wildman–Crippen MR) is 72.8 cm³/mol. The van der Waals surface area contributed by atoms with Crippen molar-refractivity contribution >= 4 is 34.9 Å². The summed E-state index contributed by atoms with van der Waals surface area (Å²) < 4.78 is 0. The topological polar surface area (TPSA) is 110 Å². The number of carbonyl (C=O) groups is 2. The van der Waals surface area contributed by atoms with Crippen LogP contribution in [0.2, 0.25) is 5.02 Å². The number of nitrogens with one attached hydrogen (secondary N) is 1. The average Bonchev–Trinajstić information content (AvgIpc) is 2.30. The standard InChI is InChI=1S/C12H13ClN2O5/c1-12(2,11(17)18)6-10(16)14-7-3-4-8(13)9(5-7)15(19)20/h3-5H,6H2,1-2H3,(H,14,16)(H,17,18).